The van der Waals surface area contributed by atoms with Crippen LogP contribution in [-0.2, 0) is 24.3 Å². The molecule has 3 N–H and O–H groups in total. The van der Waals surface area contributed by atoms with Crippen molar-refractivity contribution < 1.29 is 37.0 Å². The van der Waals surface area contributed by atoms with Crippen molar-refractivity contribution in [3.63, 3.8) is 0 Å². The first-order valence-electron chi connectivity index (χ1n) is 16.0. The minimum Gasteiger partial charge on any atom is -0.496 e. The van der Waals surface area contributed by atoms with Crippen LogP contribution in [0, 0.1) is 11.8 Å². The molecule has 2 atom stereocenters. The largest absolute Gasteiger partial charge is 0.496 e. The fourth-order valence-corrected chi connectivity index (χ4v) is 7.05. The maximum absolute atomic E-state index is 13.3. The maximum atomic E-state index is 13.3. The Morgan fingerprint density at radius 3 is 2.49 bits per heavy atom. The van der Waals surface area contributed by atoms with Gasteiger partial charge in [0, 0.05) is 58.7 Å². The van der Waals surface area contributed by atoms with Crippen LogP contribution in [0.15, 0.2) is 71.8 Å². The number of ether oxygens (including phenoxy) is 3. The summed E-state index contributed by atoms with van der Waals surface area (Å²) >= 11 is 0. The average molecular weight is 686 g/mol. The van der Waals surface area contributed by atoms with Crippen LogP contribution in [0.4, 0.5) is 10.5 Å². The molecule has 1 saturated carbocycles. The standard InChI is InChI=1S/C37H39N3O8S/c1-23(47-25(3)41)10-9-12-26-11-5-8-15-35(26)49(44,45)40-36(42)27-16-18-30(34(20-27)46-4)24(2)32-22-38-33-19-17-28(21-31(32)33)39-37(43)48-29-13-6-7-14-29/h5,8,11,15-24,29,38H,6-7,10,13-14H2,1-4H3,(H,39,43)(H,40,42). The van der Waals surface area contributed by atoms with Crippen LogP contribution in [0.3, 0.4) is 0 Å². The fourth-order valence-electron chi connectivity index (χ4n) is 5.92. The summed E-state index contributed by atoms with van der Waals surface area (Å²) in [7, 11) is -2.82. The lowest BCUT2D eigenvalue weighted by molar-refractivity contribution is -0.145. The minimum absolute atomic E-state index is 0.0470. The third-order valence-corrected chi connectivity index (χ3v) is 9.74. The summed E-state index contributed by atoms with van der Waals surface area (Å²) < 4.78 is 45.1. The van der Waals surface area contributed by atoms with E-state index < -0.39 is 34.1 Å². The number of benzene rings is 3. The number of nitrogens with one attached hydrogen (secondary N) is 3. The molecule has 2 unspecified atom stereocenters. The van der Waals surface area contributed by atoms with Crippen LogP contribution < -0.4 is 14.8 Å². The summed E-state index contributed by atoms with van der Waals surface area (Å²) in [4.78, 5) is 40.0. The Hall–Kier alpha value is -5.28. The second-order valence-corrected chi connectivity index (χ2v) is 13.6. The van der Waals surface area contributed by atoms with Gasteiger partial charge in [-0.25, -0.2) is 17.9 Å². The van der Waals surface area contributed by atoms with Crippen molar-refractivity contribution in [3.8, 4) is 17.6 Å². The van der Waals surface area contributed by atoms with Gasteiger partial charge >= 0.3 is 12.1 Å². The molecule has 1 aliphatic rings. The molecule has 4 aromatic rings. The zero-order chi connectivity index (χ0) is 35.1. The zero-order valence-corrected chi connectivity index (χ0v) is 28.6. The van der Waals surface area contributed by atoms with E-state index in [2.05, 4.69) is 26.9 Å². The SMILES string of the molecule is COc1cc(C(=O)NS(=O)(=O)c2ccccc2C#CCC(C)OC(C)=O)ccc1C(C)c1c[nH]c2ccc(NC(=O)OC3CCCC3)cc12. The van der Waals surface area contributed by atoms with E-state index in [9.17, 15) is 22.8 Å². The number of H-pyrrole nitrogens is 1. The van der Waals surface area contributed by atoms with Gasteiger partial charge in [0.05, 0.1) is 7.11 Å². The van der Waals surface area contributed by atoms with E-state index in [-0.39, 0.29) is 34.5 Å². The topological polar surface area (TPSA) is 153 Å². The number of hydrogen-bond acceptors (Lipinski definition) is 8. The molecule has 0 spiro atoms. The quantitative estimate of drug-likeness (QED) is 0.124. The Bertz CT molecular complexity index is 2040. The third-order valence-electron chi connectivity index (χ3n) is 8.35. The van der Waals surface area contributed by atoms with E-state index in [1.165, 1.54) is 38.3 Å². The lowest BCUT2D eigenvalue weighted by Crippen LogP contribution is -2.31. The van der Waals surface area contributed by atoms with E-state index >= 15 is 0 Å². The summed E-state index contributed by atoms with van der Waals surface area (Å²) in [5, 5.41) is 3.73. The maximum Gasteiger partial charge on any atom is 0.411 e. The Kier molecular flexibility index (Phi) is 10.9. The van der Waals surface area contributed by atoms with E-state index in [0.717, 1.165) is 47.7 Å². The number of esters is 1. The molecule has 2 amide bonds. The number of carbonyl (C=O) groups excluding carboxylic acids is 3. The molecule has 12 heteroatoms. The lowest BCUT2D eigenvalue weighted by Gasteiger charge is -2.17. The van der Waals surface area contributed by atoms with E-state index in [0.29, 0.717) is 11.4 Å². The Balaban J connectivity index is 1.32. The molecule has 11 nitrogen and oxygen atoms in total. The molecule has 0 radical (unpaired) electrons. The number of amides is 2. The summed E-state index contributed by atoms with van der Waals surface area (Å²) in [6.45, 7) is 4.98. The van der Waals surface area contributed by atoms with Crippen LogP contribution in [-0.4, -0.2) is 50.7 Å². The van der Waals surface area contributed by atoms with Crippen LogP contribution >= 0.6 is 0 Å². The van der Waals surface area contributed by atoms with Gasteiger partial charge in [-0.3, -0.25) is 14.9 Å². The van der Waals surface area contributed by atoms with Crippen LogP contribution in [0.5, 0.6) is 5.75 Å². The molecule has 0 saturated heterocycles. The second-order valence-electron chi connectivity index (χ2n) is 12.0. The Morgan fingerprint density at radius 2 is 1.76 bits per heavy atom. The molecule has 1 fully saturated rings. The molecule has 1 aliphatic carbocycles. The predicted molar refractivity (Wildman–Crippen MR) is 185 cm³/mol. The number of sulfonamides is 1. The normalized spacial score (nSPS) is 14.3. The number of aromatic nitrogens is 1. The van der Waals surface area contributed by atoms with Gasteiger partial charge in [-0.2, -0.15) is 0 Å². The summed E-state index contributed by atoms with van der Waals surface area (Å²) in [6, 6.07) is 16.4. The number of rotatable bonds is 10. The van der Waals surface area contributed by atoms with Crippen LogP contribution in [0.1, 0.15) is 85.8 Å². The van der Waals surface area contributed by atoms with Crippen molar-refractivity contribution in [1.29, 1.82) is 0 Å². The van der Waals surface area contributed by atoms with Gasteiger partial charge in [-0.1, -0.05) is 37.0 Å². The second kappa shape index (κ2) is 15.3. The highest BCUT2D eigenvalue weighted by atomic mass is 32.2. The van der Waals surface area contributed by atoms with Gasteiger partial charge < -0.3 is 19.2 Å². The highest BCUT2D eigenvalue weighted by Crippen LogP contribution is 2.37. The predicted octanol–water partition coefficient (Wildman–Crippen LogP) is 6.63. The number of aromatic amines is 1. The molecule has 256 valence electrons. The van der Waals surface area contributed by atoms with Gasteiger partial charge in [0.2, 0.25) is 0 Å². The Labute approximate surface area is 285 Å². The van der Waals surface area contributed by atoms with E-state index in [1.807, 2.05) is 31.3 Å². The minimum atomic E-state index is -4.30. The van der Waals surface area contributed by atoms with Gasteiger partial charge in [0.15, 0.2) is 0 Å². The monoisotopic (exact) mass is 685 g/mol. The van der Waals surface area contributed by atoms with Crippen molar-refractivity contribution in [1.82, 2.24) is 9.71 Å². The number of methoxy groups -OCH3 is 1. The number of anilines is 1. The van der Waals surface area contributed by atoms with Crippen molar-refractivity contribution >= 4 is 44.6 Å². The molecule has 49 heavy (non-hydrogen) atoms. The highest BCUT2D eigenvalue weighted by Gasteiger charge is 2.24. The molecular formula is C37H39N3O8S. The zero-order valence-electron chi connectivity index (χ0n) is 27.8. The highest BCUT2D eigenvalue weighted by molar-refractivity contribution is 7.90. The average Bonchev–Trinajstić information content (AvgIpc) is 3.73. The fraction of sp³-hybridized carbons (Fsp3) is 0.324. The van der Waals surface area contributed by atoms with Gasteiger partial charge in [-0.15, -0.1) is 0 Å². The van der Waals surface area contributed by atoms with E-state index in [4.69, 9.17) is 14.2 Å². The molecule has 1 aromatic heterocycles. The molecule has 1 heterocycles. The van der Waals surface area contributed by atoms with Crippen molar-refractivity contribution in [2.75, 3.05) is 12.4 Å². The summed E-state index contributed by atoms with van der Waals surface area (Å²) in [5.74, 6) is 4.56. The van der Waals surface area contributed by atoms with Gasteiger partial charge in [0.25, 0.3) is 15.9 Å². The van der Waals surface area contributed by atoms with Crippen molar-refractivity contribution in [2.45, 2.75) is 75.9 Å². The van der Waals surface area contributed by atoms with Crippen molar-refractivity contribution in [3.05, 3.63) is 89.1 Å². The Morgan fingerprint density at radius 1 is 1.00 bits per heavy atom. The van der Waals surface area contributed by atoms with Gasteiger partial charge in [-0.05, 0) is 80.6 Å². The number of hydrogen-bond donors (Lipinski definition) is 3. The van der Waals surface area contributed by atoms with Crippen LogP contribution in [0.25, 0.3) is 10.9 Å². The molecule has 3 aromatic carbocycles. The smallest absolute Gasteiger partial charge is 0.411 e. The summed E-state index contributed by atoms with van der Waals surface area (Å²) in [5.41, 5.74) is 3.46. The molecular weight excluding hydrogens is 646 g/mol. The lowest BCUT2D eigenvalue weighted by atomic mass is 9.91. The number of carbonyl (C=O) groups is 3. The number of fused-ring (bicyclic) bond motifs is 1. The van der Waals surface area contributed by atoms with Gasteiger partial charge in [0.1, 0.15) is 22.9 Å². The first-order chi connectivity index (χ1) is 23.4. The molecule has 0 aliphatic heterocycles. The molecule has 5 rings (SSSR count). The van der Waals surface area contributed by atoms with Crippen molar-refractivity contribution in [2.24, 2.45) is 0 Å². The summed E-state index contributed by atoms with van der Waals surface area (Å²) in [6.07, 6.45) is 5.00. The first kappa shape index (κ1) is 35.0. The van der Waals surface area contributed by atoms with Crippen LogP contribution in [0.2, 0.25) is 0 Å². The third kappa shape index (κ3) is 8.61. The first-order valence-corrected chi connectivity index (χ1v) is 17.5. The molecule has 0 bridgehead atoms. The van der Waals surface area contributed by atoms with E-state index in [1.54, 1.807) is 25.1 Å².